The molecule has 0 aliphatic carbocycles. The highest BCUT2D eigenvalue weighted by molar-refractivity contribution is 6.14. The van der Waals surface area contributed by atoms with Crippen LogP contribution in [0.1, 0.15) is 19.3 Å². The lowest BCUT2D eigenvalue weighted by Crippen LogP contribution is -2.35. The summed E-state index contributed by atoms with van der Waals surface area (Å²) in [6.07, 6.45) is 3.63. The Labute approximate surface area is 94.1 Å². The lowest BCUT2D eigenvalue weighted by Gasteiger charge is -2.28. The molecule has 16 heavy (non-hydrogen) atoms. The second kappa shape index (κ2) is 3.74. The van der Waals surface area contributed by atoms with E-state index < -0.39 is 0 Å². The molecule has 2 aliphatic heterocycles. The number of rotatable bonds is 1. The number of hydrogen-bond donors (Lipinski definition) is 0. The predicted molar refractivity (Wildman–Crippen MR) is 61.1 cm³/mol. The molecule has 0 bridgehead atoms. The number of benzene rings is 1. The number of likely N-dealkylation sites (tertiary alicyclic amines) is 1. The molecule has 0 aromatic heterocycles. The van der Waals surface area contributed by atoms with E-state index in [4.69, 9.17) is 0 Å². The van der Waals surface area contributed by atoms with E-state index in [0.717, 1.165) is 29.4 Å². The Bertz CT molecular complexity index is 541. The van der Waals surface area contributed by atoms with Crippen LogP contribution in [-0.4, -0.2) is 23.9 Å². The Kier molecular flexibility index (Phi) is 2.24. The van der Waals surface area contributed by atoms with Crippen molar-refractivity contribution in [2.24, 2.45) is 4.99 Å². The Morgan fingerprint density at radius 1 is 1.06 bits per heavy atom. The summed E-state index contributed by atoms with van der Waals surface area (Å²) in [5.74, 6) is -0.0666. The summed E-state index contributed by atoms with van der Waals surface area (Å²) in [6.45, 7) is 1.98. The fraction of sp³-hybridized carbons (Fsp3) is 0.385. The van der Waals surface area contributed by atoms with E-state index in [9.17, 15) is 4.79 Å². The summed E-state index contributed by atoms with van der Waals surface area (Å²) in [4.78, 5) is 18.2. The summed E-state index contributed by atoms with van der Waals surface area (Å²) in [5.41, 5.74) is 0.815. The van der Waals surface area contributed by atoms with Gasteiger partial charge in [0.05, 0.1) is 5.36 Å². The molecule has 1 aromatic rings. The Balaban J connectivity index is 2.13. The van der Waals surface area contributed by atoms with Gasteiger partial charge >= 0.3 is 0 Å². The van der Waals surface area contributed by atoms with Gasteiger partial charge in [0.15, 0.2) is 0 Å². The predicted octanol–water partition coefficient (Wildman–Crippen LogP) is 0.440. The molecule has 3 rings (SSSR count). The van der Waals surface area contributed by atoms with E-state index in [-0.39, 0.29) is 5.91 Å². The van der Waals surface area contributed by atoms with Crippen LogP contribution in [0.15, 0.2) is 29.3 Å². The van der Waals surface area contributed by atoms with E-state index in [1.807, 2.05) is 24.3 Å². The van der Waals surface area contributed by atoms with Gasteiger partial charge in [-0.25, -0.2) is 4.99 Å². The van der Waals surface area contributed by atoms with E-state index in [1.54, 1.807) is 0 Å². The summed E-state index contributed by atoms with van der Waals surface area (Å²) in [7, 11) is 0. The van der Waals surface area contributed by atoms with E-state index >= 15 is 0 Å². The summed E-state index contributed by atoms with van der Waals surface area (Å²) >= 11 is 0. The highest BCUT2D eigenvalue weighted by Gasteiger charge is 2.23. The maximum atomic E-state index is 11.9. The lowest BCUT2D eigenvalue weighted by atomic mass is 10.1. The molecular formula is C13H14N2O. The van der Waals surface area contributed by atoms with Gasteiger partial charge in [-0.2, -0.15) is 0 Å². The first kappa shape index (κ1) is 9.58. The van der Waals surface area contributed by atoms with Crippen LogP contribution in [0.2, 0.25) is 0 Å². The maximum absolute atomic E-state index is 11.9. The van der Waals surface area contributed by atoms with Gasteiger partial charge < -0.3 is 4.90 Å². The van der Waals surface area contributed by atoms with Crippen LogP contribution < -0.4 is 10.6 Å². The molecule has 0 radical (unpaired) electrons. The minimum Gasteiger partial charge on any atom is -0.366 e. The average molecular weight is 214 g/mol. The smallest absolute Gasteiger partial charge is 0.294 e. The molecule has 0 unspecified atom stereocenters. The van der Waals surface area contributed by atoms with Crippen LogP contribution in [0.4, 0.5) is 0 Å². The number of amides is 1. The average Bonchev–Trinajstić information content (AvgIpc) is 2.66. The topological polar surface area (TPSA) is 32.7 Å². The van der Waals surface area contributed by atoms with Gasteiger partial charge in [0.2, 0.25) is 0 Å². The van der Waals surface area contributed by atoms with Crippen molar-refractivity contribution in [3.63, 3.8) is 0 Å². The standard InChI is InChI=1S/C13H14N2O/c16-13-12(15-8-4-1-5-9-15)10-6-2-3-7-11(10)14-13/h2-3,6-7H,1,4-5,8-9H2. The molecular weight excluding hydrogens is 200 g/mol. The summed E-state index contributed by atoms with van der Waals surface area (Å²) in [5, 5.41) is 1.84. The molecule has 3 heteroatoms. The largest absolute Gasteiger partial charge is 0.366 e. The van der Waals surface area contributed by atoms with Crippen molar-refractivity contribution in [2.75, 3.05) is 13.1 Å². The highest BCUT2D eigenvalue weighted by atomic mass is 16.1. The van der Waals surface area contributed by atoms with Gasteiger partial charge in [-0.15, -0.1) is 0 Å². The molecule has 2 aliphatic rings. The van der Waals surface area contributed by atoms with Crippen LogP contribution in [0.5, 0.6) is 0 Å². The molecule has 1 aromatic carbocycles. The fourth-order valence-corrected chi connectivity index (χ4v) is 2.47. The lowest BCUT2D eigenvalue weighted by molar-refractivity contribution is -0.113. The Morgan fingerprint density at radius 3 is 2.62 bits per heavy atom. The first-order valence-electron chi connectivity index (χ1n) is 5.83. The zero-order valence-corrected chi connectivity index (χ0v) is 9.15. The fourth-order valence-electron chi connectivity index (χ4n) is 2.47. The third-order valence-electron chi connectivity index (χ3n) is 3.26. The summed E-state index contributed by atoms with van der Waals surface area (Å²) < 4.78 is 0. The highest BCUT2D eigenvalue weighted by Crippen LogP contribution is 2.16. The quantitative estimate of drug-likeness (QED) is 0.679. The van der Waals surface area contributed by atoms with Gasteiger partial charge in [-0.05, 0) is 25.3 Å². The first-order valence-corrected chi connectivity index (χ1v) is 5.83. The van der Waals surface area contributed by atoms with Gasteiger partial charge in [0, 0.05) is 18.3 Å². The number of fused-ring (bicyclic) bond motifs is 1. The minimum atomic E-state index is -0.0666. The van der Waals surface area contributed by atoms with E-state index in [2.05, 4.69) is 9.89 Å². The SMILES string of the molecule is O=C1N=c2ccccc2=C1N1CCCCC1. The number of hydrogen-bond acceptors (Lipinski definition) is 2. The van der Waals surface area contributed by atoms with Gasteiger partial charge in [0.25, 0.3) is 5.91 Å². The zero-order chi connectivity index (χ0) is 11.0. The molecule has 0 spiro atoms. The number of piperidine rings is 1. The summed E-state index contributed by atoms with van der Waals surface area (Å²) in [6, 6.07) is 7.80. The van der Waals surface area contributed by atoms with Crippen LogP contribution in [0.25, 0.3) is 5.70 Å². The van der Waals surface area contributed by atoms with Crippen molar-refractivity contribution >= 4 is 11.6 Å². The normalized spacial score (nSPS) is 19.6. The molecule has 3 nitrogen and oxygen atoms in total. The number of nitrogens with zero attached hydrogens (tertiary/aromatic N) is 2. The van der Waals surface area contributed by atoms with Crippen molar-refractivity contribution < 1.29 is 4.79 Å². The van der Waals surface area contributed by atoms with Crippen LogP contribution in [0.3, 0.4) is 0 Å². The van der Waals surface area contributed by atoms with Crippen molar-refractivity contribution in [1.29, 1.82) is 0 Å². The molecule has 82 valence electrons. The van der Waals surface area contributed by atoms with Gasteiger partial charge in [-0.3, -0.25) is 4.79 Å². The molecule has 2 heterocycles. The molecule has 1 saturated heterocycles. The van der Waals surface area contributed by atoms with E-state index in [1.165, 1.54) is 19.3 Å². The van der Waals surface area contributed by atoms with E-state index in [0.29, 0.717) is 0 Å². The second-order valence-corrected chi connectivity index (χ2v) is 4.33. The molecule has 1 fully saturated rings. The second-order valence-electron chi connectivity index (χ2n) is 4.33. The van der Waals surface area contributed by atoms with Crippen LogP contribution >= 0.6 is 0 Å². The number of carbonyl (C=O) groups is 1. The minimum absolute atomic E-state index is 0.0666. The third-order valence-corrected chi connectivity index (χ3v) is 3.26. The van der Waals surface area contributed by atoms with Crippen LogP contribution in [0, 0.1) is 0 Å². The van der Waals surface area contributed by atoms with Crippen LogP contribution in [-0.2, 0) is 4.79 Å². The first-order chi connectivity index (χ1) is 7.86. The van der Waals surface area contributed by atoms with Crippen molar-refractivity contribution in [3.8, 4) is 0 Å². The molecule has 0 saturated carbocycles. The molecule has 0 atom stereocenters. The Hall–Kier alpha value is -1.64. The third kappa shape index (κ3) is 1.43. The van der Waals surface area contributed by atoms with Crippen molar-refractivity contribution in [1.82, 2.24) is 4.90 Å². The van der Waals surface area contributed by atoms with Gasteiger partial charge in [0.1, 0.15) is 5.70 Å². The number of para-hydroxylation sites is 1. The Morgan fingerprint density at radius 2 is 1.81 bits per heavy atom. The number of carbonyl (C=O) groups excluding carboxylic acids is 1. The van der Waals surface area contributed by atoms with Crippen molar-refractivity contribution in [2.45, 2.75) is 19.3 Å². The molecule has 0 N–H and O–H groups in total. The van der Waals surface area contributed by atoms with Gasteiger partial charge in [-0.1, -0.05) is 18.2 Å². The zero-order valence-electron chi connectivity index (χ0n) is 9.15. The maximum Gasteiger partial charge on any atom is 0.294 e. The monoisotopic (exact) mass is 214 g/mol. The van der Waals surface area contributed by atoms with Crippen molar-refractivity contribution in [3.05, 3.63) is 34.8 Å². The molecule has 1 amide bonds.